The molecule has 0 spiro atoms. The third-order valence-electron chi connectivity index (χ3n) is 3.03. The van der Waals surface area contributed by atoms with Crippen LogP contribution in [0.2, 0.25) is 0 Å². The van der Waals surface area contributed by atoms with Crippen molar-refractivity contribution in [3.05, 3.63) is 15.6 Å². The van der Waals surface area contributed by atoms with Crippen LogP contribution in [-0.4, -0.2) is 31.3 Å². The van der Waals surface area contributed by atoms with E-state index in [9.17, 15) is 0 Å². The maximum absolute atomic E-state index is 5.44. The molecule has 1 atom stereocenters. The van der Waals surface area contributed by atoms with Gasteiger partial charge in [-0.2, -0.15) is 0 Å². The van der Waals surface area contributed by atoms with Gasteiger partial charge in [0.1, 0.15) is 0 Å². The fourth-order valence-corrected chi connectivity index (χ4v) is 3.13. The Kier molecular flexibility index (Phi) is 5.12. The molecule has 4 nitrogen and oxygen atoms in total. The predicted molar refractivity (Wildman–Crippen MR) is 73.0 cm³/mol. The molecule has 1 saturated heterocycles. The van der Waals surface area contributed by atoms with Gasteiger partial charge >= 0.3 is 0 Å². The van der Waals surface area contributed by atoms with Crippen LogP contribution in [0.3, 0.4) is 0 Å². The van der Waals surface area contributed by atoms with Crippen molar-refractivity contribution in [1.29, 1.82) is 0 Å². The van der Waals surface area contributed by atoms with Gasteiger partial charge < -0.3 is 14.8 Å². The fourth-order valence-electron chi connectivity index (χ4n) is 1.99. The zero-order valence-corrected chi connectivity index (χ0v) is 12.2. The maximum Gasteiger partial charge on any atom is 0.0987 e. The Morgan fingerprint density at radius 1 is 1.56 bits per heavy atom. The second-order valence-electron chi connectivity index (χ2n) is 4.95. The van der Waals surface area contributed by atoms with E-state index in [1.165, 1.54) is 9.88 Å². The van der Waals surface area contributed by atoms with Crippen molar-refractivity contribution >= 4 is 11.3 Å². The minimum Gasteiger partial charge on any atom is -0.381 e. The van der Waals surface area contributed by atoms with Gasteiger partial charge in [0.2, 0.25) is 0 Å². The number of methoxy groups -OCH3 is 1. The summed E-state index contributed by atoms with van der Waals surface area (Å²) in [6.07, 6.45) is 1.09. The van der Waals surface area contributed by atoms with E-state index < -0.39 is 0 Å². The highest BCUT2D eigenvalue weighted by Gasteiger charge is 2.23. The van der Waals surface area contributed by atoms with Gasteiger partial charge in [0, 0.05) is 37.1 Å². The number of nitrogens with zero attached hydrogens (tertiary/aromatic N) is 1. The Morgan fingerprint density at radius 2 is 2.39 bits per heavy atom. The molecule has 0 radical (unpaired) electrons. The largest absolute Gasteiger partial charge is 0.381 e. The zero-order valence-electron chi connectivity index (χ0n) is 11.4. The van der Waals surface area contributed by atoms with Crippen molar-refractivity contribution in [2.75, 3.05) is 20.3 Å². The molecule has 1 aliphatic heterocycles. The monoisotopic (exact) mass is 270 g/mol. The van der Waals surface area contributed by atoms with E-state index in [-0.39, 0.29) is 0 Å². The SMILES string of the molecule is COCc1nc(C2CCOC2)sc1CNC(C)C. The molecule has 0 aliphatic carbocycles. The molecule has 102 valence electrons. The molecule has 0 amide bonds. The lowest BCUT2D eigenvalue weighted by atomic mass is 10.1. The summed E-state index contributed by atoms with van der Waals surface area (Å²) >= 11 is 1.81. The second-order valence-corrected chi connectivity index (χ2v) is 6.07. The van der Waals surface area contributed by atoms with Gasteiger partial charge in [-0.15, -0.1) is 11.3 Å². The van der Waals surface area contributed by atoms with Crippen LogP contribution in [0.5, 0.6) is 0 Å². The first-order valence-corrected chi connectivity index (χ1v) is 7.31. The van der Waals surface area contributed by atoms with Crippen LogP contribution in [0, 0.1) is 0 Å². The molecular formula is C13H22N2O2S. The average Bonchev–Trinajstić information content (AvgIpc) is 2.95. The van der Waals surface area contributed by atoms with Crippen molar-refractivity contribution < 1.29 is 9.47 Å². The molecule has 1 aromatic heterocycles. The third-order valence-corrected chi connectivity index (χ3v) is 4.29. The third kappa shape index (κ3) is 3.51. The summed E-state index contributed by atoms with van der Waals surface area (Å²) in [7, 11) is 1.72. The highest BCUT2D eigenvalue weighted by Crippen LogP contribution is 2.31. The van der Waals surface area contributed by atoms with Crippen LogP contribution in [-0.2, 0) is 22.6 Å². The van der Waals surface area contributed by atoms with Gasteiger partial charge in [-0.3, -0.25) is 0 Å². The fraction of sp³-hybridized carbons (Fsp3) is 0.769. The van der Waals surface area contributed by atoms with E-state index in [1.807, 2.05) is 0 Å². The number of hydrogen-bond acceptors (Lipinski definition) is 5. The Bertz CT molecular complexity index is 373. The molecule has 1 fully saturated rings. The molecule has 18 heavy (non-hydrogen) atoms. The summed E-state index contributed by atoms with van der Waals surface area (Å²) in [6, 6.07) is 0.487. The van der Waals surface area contributed by atoms with Gasteiger partial charge in [-0.25, -0.2) is 4.98 Å². The Morgan fingerprint density at radius 3 is 3.00 bits per heavy atom. The van der Waals surface area contributed by atoms with Crippen molar-refractivity contribution in [3.63, 3.8) is 0 Å². The summed E-state index contributed by atoms with van der Waals surface area (Å²) in [5, 5.41) is 4.66. The van der Waals surface area contributed by atoms with E-state index >= 15 is 0 Å². The lowest BCUT2D eigenvalue weighted by Crippen LogP contribution is -2.21. The topological polar surface area (TPSA) is 43.4 Å². The van der Waals surface area contributed by atoms with Gasteiger partial charge in [-0.05, 0) is 6.42 Å². The number of rotatable bonds is 6. The number of thiazole rings is 1. The molecule has 2 heterocycles. The average molecular weight is 270 g/mol. The van der Waals surface area contributed by atoms with E-state index in [2.05, 4.69) is 19.2 Å². The molecule has 0 bridgehead atoms. The lowest BCUT2D eigenvalue weighted by molar-refractivity contribution is 0.180. The van der Waals surface area contributed by atoms with Crippen molar-refractivity contribution in [2.24, 2.45) is 0 Å². The Balaban J connectivity index is 2.09. The first-order valence-electron chi connectivity index (χ1n) is 6.49. The van der Waals surface area contributed by atoms with Crippen LogP contribution < -0.4 is 5.32 Å². The Labute approximate surface area is 113 Å². The van der Waals surface area contributed by atoms with Gasteiger partial charge in [0.25, 0.3) is 0 Å². The van der Waals surface area contributed by atoms with E-state index in [1.54, 1.807) is 18.4 Å². The van der Waals surface area contributed by atoms with Crippen LogP contribution >= 0.6 is 11.3 Å². The highest BCUT2D eigenvalue weighted by molar-refractivity contribution is 7.11. The molecule has 5 heteroatoms. The number of hydrogen-bond donors (Lipinski definition) is 1. The molecule has 1 aromatic rings. The van der Waals surface area contributed by atoms with E-state index in [4.69, 9.17) is 14.5 Å². The molecule has 1 N–H and O–H groups in total. The summed E-state index contributed by atoms with van der Waals surface area (Å²) in [4.78, 5) is 6.03. The van der Waals surface area contributed by atoms with Gasteiger partial charge in [0.05, 0.1) is 23.9 Å². The molecule has 0 aromatic carbocycles. The van der Waals surface area contributed by atoms with Crippen LogP contribution in [0.1, 0.15) is 41.8 Å². The number of nitrogens with one attached hydrogen (secondary N) is 1. The summed E-state index contributed by atoms with van der Waals surface area (Å²) in [5.74, 6) is 0.485. The molecule has 1 unspecified atom stereocenters. The van der Waals surface area contributed by atoms with Crippen LogP contribution in [0.15, 0.2) is 0 Å². The number of aromatic nitrogens is 1. The summed E-state index contributed by atoms with van der Waals surface area (Å²) < 4.78 is 10.7. The Hall–Kier alpha value is -0.490. The zero-order chi connectivity index (χ0) is 13.0. The van der Waals surface area contributed by atoms with Crippen LogP contribution in [0.25, 0.3) is 0 Å². The molecule has 0 saturated carbocycles. The van der Waals surface area contributed by atoms with Crippen LogP contribution in [0.4, 0.5) is 0 Å². The molecule has 2 rings (SSSR count). The first-order chi connectivity index (χ1) is 8.70. The van der Waals surface area contributed by atoms with Crippen molar-refractivity contribution in [3.8, 4) is 0 Å². The van der Waals surface area contributed by atoms with Gasteiger partial charge in [0.15, 0.2) is 0 Å². The quantitative estimate of drug-likeness (QED) is 0.861. The summed E-state index contributed by atoms with van der Waals surface area (Å²) in [6.45, 7) is 7.46. The van der Waals surface area contributed by atoms with E-state index in [0.717, 1.165) is 31.9 Å². The minimum atomic E-state index is 0.485. The molecule has 1 aliphatic rings. The van der Waals surface area contributed by atoms with Gasteiger partial charge in [-0.1, -0.05) is 13.8 Å². The predicted octanol–water partition coefficient (Wildman–Crippen LogP) is 2.29. The second kappa shape index (κ2) is 6.61. The minimum absolute atomic E-state index is 0.485. The first kappa shape index (κ1) is 13.9. The standard InChI is InChI=1S/C13H22N2O2S/c1-9(2)14-6-12-11(8-16-3)15-13(18-12)10-4-5-17-7-10/h9-10,14H,4-8H2,1-3H3. The maximum atomic E-state index is 5.44. The summed E-state index contributed by atoms with van der Waals surface area (Å²) in [5.41, 5.74) is 1.08. The molecular weight excluding hydrogens is 248 g/mol. The van der Waals surface area contributed by atoms with Crippen molar-refractivity contribution in [2.45, 2.75) is 45.4 Å². The number of ether oxygens (including phenoxy) is 2. The smallest absolute Gasteiger partial charge is 0.0987 e. The normalized spacial score (nSPS) is 19.9. The highest BCUT2D eigenvalue weighted by atomic mass is 32.1. The van der Waals surface area contributed by atoms with Crippen molar-refractivity contribution in [1.82, 2.24) is 10.3 Å². The van der Waals surface area contributed by atoms with E-state index in [0.29, 0.717) is 18.6 Å². The lowest BCUT2D eigenvalue weighted by Gasteiger charge is -2.07.